The molecule has 5 aromatic carbocycles. The van der Waals surface area contributed by atoms with Crippen molar-refractivity contribution in [2.75, 3.05) is 0 Å². The van der Waals surface area contributed by atoms with Gasteiger partial charge in [0.2, 0.25) is 0 Å². The number of benzene rings is 5. The van der Waals surface area contributed by atoms with E-state index in [9.17, 15) is 0 Å². The van der Waals surface area contributed by atoms with Gasteiger partial charge in [-0.2, -0.15) is 0 Å². The molecule has 8 rings (SSSR count). The van der Waals surface area contributed by atoms with Crippen LogP contribution in [0.5, 0.6) is 0 Å². The van der Waals surface area contributed by atoms with Gasteiger partial charge in [0, 0.05) is 33.9 Å². The van der Waals surface area contributed by atoms with E-state index in [-0.39, 0.29) is 25.5 Å². The Labute approximate surface area is 352 Å². The molecule has 287 valence electrons. The Kier molecular flexibility index (Phi) is 11.7. The van der Waals surface area contributed by atoms with E-state index in [1.54, 1.807) is 6.20 Å². The molecule has 0 spiro atoms. The first-order chi connectivity index (χ1) is 26.4. The summed E-state index contributed by atoms with van der Waals surface area (Å²) in [7, 11) is -1.27. The summed E-state index contributed by atoms with van der Waals surface area (Å²) in [5.74, 6) is 6.53. The van der Waals surface area contributed by atoms with Crippen LogP contribution in [0.15, 0.2) is 132 Å². The molecule has 3 heterocycles. The second-order valence-electron chi connectivity index (χ2n) is 17.7. The summed E-state index contributed by atoms with van der Waals surface area (Å²) < 4.78 is 16.7. The minimum atomic E-state index is -1.84. The molecule has 1 atom stereocenters. The number of hydrogen-bond acceptors (Lipinski definition) is 3. The molecule has 0 N–H and O–H groups in total. The molecule has 1 unspecified atom stereocenters. The molecule has 0 saturated carbocycles. The van der Waals surface area contributed by atoms with E-state index in [0.29, 0.717) is 0 Å². The summed E-state index contributed by atoms with van der Waals surface area (Å²) in [5, 5.41) is 5.99. The van der Waals surface area contributed by atoms with Crippen molar-refractivity contribution < 1.29 is 25.9 Å². The van der Waals surface area contributed by atoms with E-state index in [2.05, 4.69) is 171 Å². The van der Waals surface area contributed by atoms with Crippen molar-refractivity contribution in [3.8, 4) is 33.6 Å². The van der Waals surface area contributed by atoms with Crippen LogP contribution < -0.4 is 9.58 Å². The first-order valence-electron chi connectivity index (χ1n) is 19.7. The van der Waals surface area contributed by atoms with Crippen LogP contribution in [0.3, 0.4) is 0 Å². The van der Waals surface area contributed by atoms with E-state index < -0.39 is 27.2 Å². The van der Waals surface area contributed by atoms with Gasteiger partial charge >= 0.3 is 155 Å². The van der Waals surface area contributed by atoms with Crippen LogP contribution in [0.1, 0.15) is 40.5 Å². The van der Waals surface area contributed by atoms with Crippen LogP contribution in [0.2, 0.25) is 36.9 Å². The fraction of sp³-hybridized carbons (Fsp3) is 0.240. The summed E-state index contributed by atoms with van der Waals surface area (Å²) in [5.41, 5.74) is 8.63. The van der Waals surface area contributed by atoms with Crippen LogP contribution in [0.25, 0.3) is 66.4 Å². The molecular weight excluding hydrogens is 937 g/mol. The van der Waals surface area contributed by atoms with Gasteiger partial charge in [-0.1, -0.05) is 94.7 Å². The van der Waals surface area contributed by atoms with Gasteiger partial charge in [0.25, 0.3) is 0 Å². The van der Waals surface area contributed by atoms with Gasteiger partial charge in [-0.3, -0.25) is 0 Å². The average molecular weight is 991 g/mol. The number of hydrogen-bond donors (Lipinski definition) is 0. The van der Waals surface area contributed by atoms with Gasteiger partial charge < -0.3 is 4.98 Å². The Hall–Kier alpha value is -4.13. The Morgan fingerprint density at radius 1 is 0.696 bits per heavy atom. The van der Waals surface area contributed by atoms with Gasteiger partial charge in [0.05, 0.1) is 8.07 Å². The topological polar surface area (TPSA) is 38.9 Å². The summed E-state index contributed by atoms with van der Waals surface area (Å²) in [4.78, 5) is 9.25. The standard InChI is InChI=1S/C32H34GeNO.C18H18NSi.Ir/c1-21(32(2,3)4)23-16-17-34-29(20-23)25-11-15-31-28(19-25)27-18-24(10-14-30(27)35-31)22-8-12-26(13-9-22)33(5,6)7;1-20(2,3)17-10-11-18(19-13-17)16-9-8-14-6-4-5-7-15(14)12-16;/h8-10,12-21H,1-7H3;4-8,10-13H,1-3H3;/q2*-1;/i21D;;. The SMILES string of the molecule is C[Si](C)(C)c1ccc(-c2[c-]cc3ccccc3c2)nc1.[2H]C(C)(c1ccnc(-c2[c-]cc3oc4ccc(-c5cc[c]([Ge]([CH3])([CH3])[CH3])cc5)cc4c3c2)c1)C(C)(C)C.[Ir]. The Balaban J connectivity index is 0.000000221. The van der Waals surface area contributed by atoms with Crippen molar-refractivity contribution >= 4 is 63.6 Å². The van der Waals surface area contributed by atoms with Crippen LogP contribution in [0.4, 0.5) is 0 Å². The second-order valence-corrected chi connectivity index (χ2v) is 33.5. The zero-order valence-corrected chi connectivity index (χ0v) is 39.8. The summed E-state index contributed by atoms with van der Waals surface area (Å²) >= 11 is -1.84. The maximum absolute atomic E-state index is 8.99. The molecule has 6 heteroatoms. The van der Waals surface area contributed by atoms with Crippen molar-refractivity contribution in [2.45, 2.75) is 70.5 Å². The average Bonchev–Trinajstić information content (AvgIpc) is 3.54. The second kappa shape index (κ2) is 16.4. The Bertz CT molecular complexity index is 2670. The minimum Gasteiger partial charge on any atom is -0.0596 e. The minimum absolute atomic E-state index is 0. The Morgan fingerprint density at radius 2 is 1.36 bits per heavy atom. The van der Waals surface area contributed by atoms with Gasteiger partial charge in [0.1, 0.15) is 0 Å². The molecule has 1 radical (unpaired) electrons. The van der Waals surface area contributed by atoms with Gasteiger partial charge in [-0.25, -0.2) is 0 Å². The summed E-state index contributed by atoms with van der Waals surface area (Å²) in [6, 6.07) is 47.1. The predicted octanol–water partition coefficient (Wildman–Crippen LogP) is 13.1. The van der Waals surface area contributed by atoms with E-state index >= 15 is 0 Å². The normalized spacial score (nSPS) is 13.4. The molecule has 3 nitrogen and oxygen atoms in total. The van der Waals surface area contributed by atoms with Crippen molar-refractivity contribution in [2.24, 2.45) is 5.41 Å². The summed E-state index contributed by atoms with van der Waals surface area (Å²) in [6.45, 7) is 15.3. The van der Waals surface area contributed by atoms with Crippen LogP contribution >= 0.6 is 0 Å². The van der Waals surface area contributed by atoms with Crippen molar-refractivity contribution in [3.05, 3.63) is 145 Å². The van der Waals surface area contributed by atoms with Gasteiger partial charge in [-0.15, -0.1) is 29.1 Å². The molecule has 0 aliphatic carbocycles. The molecule has 0 saturated heterocycles. The predicted molar refractivity (Wildman–Crippen MR) is 241 cm³/mol. The molecule has 0 fully saturated rings. The van der Waals surface area contributed by atoms with Crippen molar-refractivity contribution in [3.63, 3.8) is 0 Å². The number of nitrogens with zero attached hydrogens (tertiary/aromatic N) is 2. The molecule has 8 aromatic rings. The maximum atomic E-state index is 8.99. The molecule has 3 aromatic heterocycles. The zero-order valence-electron chi connectivity index (χ0n) is 35.3. The molecular formula is C50H52GeIrN2OSi-2. The number of furan rings is 1. The van der Waals surface area contributed by atoms with Crippen LogP contribution in [-0.2, 0) is 20.1 Å². The fourth-order valence-corrected chi connectivity index (χ4v) is 10.2. The number of aromatic nitrogens is 2. The van der Waals surface area contributed by atoms with Crippen LogP contribution in [-0.4, -0.2) is 31.3 Å². The fourth-order valence-electron chi connectivity index (χ4n) is 6.73. The van der Waals surface area contributed by atoms with E-state index in [1.165, 1.54) is 31.5 Å². The first kappa shape index (κ1) is 40.1. The van der Waals surface area contributed by atoms with Crippen molar-refractivity contribution in [1.29, 1.82) is 0 Å². The molecule has 56 heavy (non-hydrogen) atoms. The smallest absolute Gasteiger partial charge is 0.0596 e. The van der Waals surface area contributed by atoms with E-state index in [4.69, 9.17) is 5.79 Å². The molecule has 0 amide bonds. The third-order valence-electron chi connectivity index (χ3n) is 10.7. The van der Waals surface area contributed by atoms with Gasteiger partial charge in [0.15, 0.2) is 0 Å². The van der Waals surface area contributed by atoms with Crippen molar-refractivity contribution in [1.82, 2.24) is 9.97 Å². The Morgan fingerprint density at radius 3 is 2.02 bits per heavy atom. The molecule has 0 aliphatic heterocycles. The first-order valence-corrected chi connectivity index (χ1v) is 30.1. The number of rotatable bonds is 6. The molecule has 0 bridgehead atoms. The summed E-state index contributed by atoms with van der Waals surface area (Å²) in [6.07, 6.45) is 3.84. The number of pyridine rings is 2. The third kappa shape index (κ3) is 9.19. The molecule has 0 aliphatic rings. The zero-order chi connectivity index (χ0) is 40.0. The van der Waals surface area contributed by atoms with E-state index in [1.807, 2.05) is 37.4 Å². The third-order valence-corrected chi connectivity index (χ3v) is 17.0. The van der Waals surface area contributed by atoms with Crippen LogP contribution in [0, 0.1) is 17.5 Å². The van der Waals surface area contributed by atoms with Gasteiger partial charge in [-0.05, 0) is 28.3 Å². The monoisotopic (exact) mass is 992 g/mol. The van der Waals surface area contributed by atoms with E-state index in [0.717, 1.165) is 50.0 Å². The quantitative estimate of drug-likeness (QED) is 0.123. The number of fused-ring (bicyclic) bond motifs is 4.